The molecule has 4 atom stereocenters. The van der Waals surface area contributed by atoms with Gasteiger partial charge in [0.1, 0.15) is 0 Å². The fourth-order valence-corrected chi connectivity index (χ4v) is 2.66. The van der Waals surface area contributed by atoms with Gasteiger partial charge in [0, 0.05) is 0 Å². The van der Waals surface area contributed by atoms with Gasteiger partial charge in [0.15, 0.2) is 0 Å². The SMILES string of the molecule is O=C1OC(=O)[C@@H]2C3CCC(C[C@H]12)O3. The van der Waals surface area contributed by atoms with Gasteiger partial charge in [-0.05, 0) is 19.3 Å². The number of cyclic esters (lactones) is 2. The van der Waals surface area contributed by atoms with E-state index >= 15 is 0 Å². The summed E-state index contributed by atoms with van der Waals surface area (Å²) < 4.78 is 10.2. The van der Waals surface area contributed by atoms with Crippen LogP contribution >= 0.6 is 0 Å². The lowest BCUT2D eigenvalue weighted by Gasteiger charge is -2.27. The van der Waals surface area contributed by atoms with Crippen LogP contribution in [0.5, 0.6) is 0 Å². The van der Waals surface area contributed by atoms with Crippen LogP contribution in [0.2, 0.25) is 0 Å². The molecule has 0 aromatic carbocycles. The van der Waals surface area contributed by atoms with Crippen molar-refractivity contribution in [3.05, 3.63) is 0 Å². The monoisotopic (exact) mass is 182 g/mol. The van der Waals surface area contributed by atoms with Crippen LogP contribution in [-0.2, 0) is 19.1 Å². The summed E-state index contributed by atoms with van der Waals surface area (Å²) in [6.45, 7) is 0. The fraction of sp³-hybridized carbons (Fsp3) is 0.778. The minimum atomic E-state index is -0.375. The highest BCUT2D eigenvalue weighted by Crippen LogP contribution is 2.44. The van der Waals surface area contributed by atoms with Crippen molar-refractivity contribution in [1.29, 1.82) is 0 Å². The van der Waals surface area contributed by atoms with E-state index < -0.39 is 0 Å². The van der Waals surface area contributed by atoms with E-state index in [0.717, 1.165) is 12.8 Å². The smallest absolute Gasteiger partial charge is 0.320 e. The van der Waals surface area contributed by atoms with Gasteiger partial charge in [-0.2, -0.15) is 0 Å². The molecule has 3 aliphatic heterocycles. The van der Waals surface area contributed by atoms with Gasteiger partial charge in [-0.15, -0.1) is 0 Å². The molecule has 0 saturated carbocycles. The Hall–Kier alpha value is -0.900. The first-order chi connectivity index (χ1) is 6.25. The van der Waals surface area contributed by atoms with Crippen molar-refractivity contribution in [2.75, 3.05) is 0 Å². The van der Waals surface area contributed by atoms with Crippen molar-refractivity contribution < 1.29 is 19.1 Å². The Morgan fingerprint density at radius 1 is 1.15 bits per heavy atom. The molecule has 0 radical (unpaired) electrons. The number of hydrogen-bond acceptors (Lipinski definition) is 4. The maximum atomic E-state index is 11.3. The second-order valence-corrected chi connectivity index (χ2v) is 3.98. The zero-order valence-electron chi connectivity index (χ0n) is 7.06. The van der Waals surface area contributed by atoms with Gasteiger partial charge >= 0.3 is 11.9 Å². The van der Waals surface area contributed by atoms with E-state index in [1.165, 1.54) is 0 Å². The van der Waals surface area contributed by atoms with E-state index in [1.54, 1.807) is 0 Å². The van der Waals surface area contributed by atoms with Crippen LogP contribution in [0.15, 0.2) is 0 Å². The zero-order valence-corrected chi connectivity index (χ0v) is 7.06. The van der Waals surface area contributed by atoms with Crippen molar-refractivity contribution >= 4 is 11.9 Å². The Balaban J connectivity index is 1.96. The first-order valence-electron chi connectivity index (χ1n) is 4.66. The minimum absolute atomic E-state index is 0.0531. The molecule has 3 heterocycles. The van der Waals surface area contributed by atoms with Crippen LogP contribution in [0.3, 0.4) is 0 Å². The minimum Gasteiger partial charge on any atom is -0.393 e. The molecular formula is C9H10O4. The summed E-state index contributed by atoms with van der Waals surface area (Å²) in [4.78, 5) is 22.5. The maximum Gasteiger partial charge on any atom is 0.320 e. The molecule has 70 valence electrons. The molecule has 0 N–H and O–H groups in total. The summed E-state index contributed by atoms with van der Waals surface area (Å²) in [5.74, 6) is -1.22. The lowest BCUT2D eigenvalue weighted by molar-refractivity contribution is -0.154. The molecule has 0 aliphatic carbocycles. The number of carbonyl (C=O) groups is 2. The molecule has 13 heavy (non-hydrogen) atoms. The average molecular weight is 182 g/mol. The highest BCUT2D eigenvalue weighted by molar-refractivity contribution is 5.97. The molecule has 4 nitrogen and oxygen atoms in total. The molecule has 3 saturated heterocycles. The molecule has 3 rings (SSSR count). The Labute approximate surface area is 75.2 Å². The summed E-state index contributed by atoms with van der Waals surface area (Å²) in [7, 11) is 0. The van der Waals surface area contributed by atoms with E-state index in [0.29, 0.717) is 6.42 Å². The Bertz CT molecular complexity index is 285. The van der Waals surface area contributed by atoms with Crippen molar-refractivity contribution in [1.82, 2.24) is 0 Å². The highest BCUT2D eigenvalue weighted by Gasteiger charge is 2.55. The van der Waals surface area contributed by atoms with Gasteiger partial charge in [0.2, 0.25) is 0 Å². The lowest BCUT2D eigenvalue weighted by Crippen LogP contribution is -2.36. The van der Waals surface area contributed by atoms with Crippen LogP contribution in [-0.4, -0.2) is 24.1 Å². The summed E-state index contributed by atoms with van der Waals surface area (Å²) >= 11 is 0. The number of carbonyl (C=O) groups excluding carboxylic acids is 2. The summed E-state index contributed by atoms with van der Waals surface area (Å²) in [5.41, 5.74) is 0. The number of ether oxygens (including phenoxy) is 2. The summed E-state index contributed by atoms with van der Waals surface area (Å²) in [6, 6.07) is 0. The number of esters is 2. The van der Waals surface area contributed by atoms with E-state index in [9.17, 15) is 9.59 Å². The molecule has 4 heteroatoms. The Morgan fingerprint density at radius 3 is 2.85 bits per heavy atom. The van der Waals surface area contributed by atoms with Crippen LogP contribution < -0.4 is 0 Å². The topological polar surface area (TPSA) is 52.6 Å². The van der Waals surface area contributed by atoms with Gasteiger partial charge in [0.05, 0.1) is 24.0 Å². The first-order valence-corrected chi connectivity index (χ1v) is 4.66. The average Bonchev–Trinajstić information content (AvgIpc) is 2.58. The van der Waals surface area contributed by atoms with E-state index in [4.69, 9.17) is 4.74 Å². The molecule has 0 amide bonds. The van der Waals surface area contributed by atoms with Crippen LogP contribution in [0.1, 0.15) is 19.3 Å². The largest absolute Gasteiger partial charge is 0.393 e. The van der Waals surface area contributed by atoms with Gasteiger partial charge in [-0.3, -0.25) is 9.59 Å². The van der Waals surface area contributed by atoms with E-state index in [1.807, 2.05) is 0 Å². The van der Waals surface area contributed by atoms with E-state index in [-0.39, 0.29) is 36.0 Å². The fourth-order valence-electron chi connectivity index (χ4n) is 2.66. The Kier molecular flexibility index (Phi) is 1.34. The van der Waals surface area contributed by atoms with Crippen molar-refractivity contribution in [2.45, 2.75) is 31.5 Å². The third-order valence-corrected chi connectivity index (χ3v) is 3.27. The molecular weight excluding hydrogens is 172 g/mol. The van der Waals surface area contributed by atoms with Crippen molar-refractivity contribution in [3.63, 3.8) is 0 Å². The molecule has 2 unspecified atom stereocenters. The predicted octanol–water partition coefficient (Wildman–Crippen LogP) is 0.253. The van der Waals surface area contributed by atoms with Crippen molar-refractivity contribution in [3.8, 4) is 0 Å². The van der Waals surface area contributed by atoms with Crippen LogP contribution in [0.4, 0.5) is 0 Å². The van der Waals surface area contributed by atoms with Crippen LogP contribution in [0.25, 0.3) is 0 Å². The summed E-state index contributed by atoms with van der Waals surface area (Å²) in [5, 5.41) is 0. The van der Waals surface area contributed by atoms with Crippen molar-refractivity contribution in [2.24, 2.45) is 11.8 Å². The third kappa shape index (κ3) is 0.892. The van der Waals surface area contributed by atoms with Gasteiger partial charge < -0.3 is 9.47 Å². The second-order valence-electron chi connectivity index (χ2n) is 3.98. The quantitative estimate of drug-likeness (QED) is 0.398. The maximum absolute atomic E-state index is 11.3. The molecule has 0 aromatic rings. The lowest BCUT2D eigenvalue weighted by atomic mass is 9.86. The molecule has 2 bridgehead atoms. The predicted molar refractivity (Wildman–Crippen MR) is 40.6 cm³/mol. The molecule has 3 fully saturated rings. The molecule has 0 spiro atoms. The van der Waals surface area contributed by atoms with Crippen LogP contribution in [0, 0.1) is 11.8 Å². The number of fused-ring (bicyclic) bond motifs is 4. The number of hydrogen-bond donors (Lipinski definition) is 0. The molecule has 0 aromatic heterocycles. The number of rotatable bonds is 0. The third-order valence-electron chi connectivity index (χ3n) is 3.27. The summed E-state index contributed by atoms with van der Waals surface area (Å²) in [6.07, 6.45) is 2.69. The normalized spacial score (nSPS) is 47.7. The van der Waals surface area contributed by atoms with E-state index in [2.05, 4.69) is 4.74 Å². The highest BCUT2D eigenvalue weighted by atomic mass is 16.6. The Morgan fingerprint density at radius 2 is 2.00 bits per heavy atom. The standard InChI is InChI=1S/C9H10O4/c10-8-5-3-4-1-2-6(12-4)7(5)9(11)13-8/h4-7H,1-3H2/t4?,5-,6?,7-/m0/s1. The first kappa shape index (κ1) is 7.50. The van der Waals surface area contributed by atoms with Gasteiger partial charge in [0.25, 0.3) is 0 Å². The van der Waals surface area contributed by atoms with Gasteiger partial charge in [-0.1, -0.05) is 0 Å². The molecule has 3 aliphatic rings. The second kappa shape index (κ2) is 2.32. The zero-order chi connectivity index (χ0) is 9.00. The van der Waals surface area contributed by atoms with Gasteiger partial charge in [-0.25, -0.2) is 0 Å².